The zero-order valence-electron chi connectivity index (χ0n) is 18.9. The van der Waals surface area contributed by atoms with Crippen LogP contribution in [0.15, 0.2) is 30.7 Å². The average molecular weight is 596 g/mol. The normalized spacial score (nSPS) is 21.5. The lowest BCUT2D eigenvalue weighted by Gasteiger charge is -2.23. The Morgan fingerprint density at radius 1 is 1.06 bits per heavy atom. The van der Waals surface area contributed by atoms with Crippen LogP contribution in [-0.4, -0.2) is 67.3 Å². The van der Waals surface area contributed by atoms with Crippen LogP contribution in [0.25, 0.3) is 11.2 Å². The zero-order chi connectivity index (χ0) is 25.1. The van der Waals surface area contributed by atoms with Crippen molar-refractivity contribution in [3.8, 4) is 0 Å². The average Bonchev–Trinajstić information content (AvgIpc) is 3.34. The van der Waals surface area contributed by atoms with Crippen LogP contribution in [-0.2, 0) is 33.3 Å². The molecule has 4 atom stereocenters. The highest BCUT2D eigenvalue weighted by Gasteiger charge is 2.51. The van der Waals surface area contributed by atoms with Gasteiger partial charge in [0.1, 0.15) is 18.5 Å². The minimum atomic E-state index is -1.06. The maximum Gasteiger partial charge on any atom is 0.303 e. The van der Waals surface area contributed by atoms with Gasteiger partial charge in [-0.1, -0.05) is 6.07 Å². The molecule has 0 spiro atoms. The summed E-state index contributed by atoms with van der Waals surface area (Å²) in [6.45, 7) is 3.48. The van der Waals surface area contributed by atoms with E-state index in [9.17, 15) is 14.4 Å². The van der Waals surface area contributed by atoms with E-state index in [1.807, 2.05) is 28.7 Å². The van der Waals surface area contributed by atoms with Crippen LogP contribution in [0.3, 0.4) is 0 Å². The molecule has 0 amide bonds. The van der Waals surface area contributed by atoms with Gasteiger partial charge >= 0.3 is 17.9 Å². The van der Waals surface area contributed by atoms with Gasteiger partial charge in [0.15, 0.2) is 39.2 Å². The largest absolute Gasteiger partial charge is 0.463 e. The molecule has 1 fully saturated rings. The number of carbonyl (C=O) groups excluding carboxylic acids is 3. The predicted molar refractivity (Wildman–Crippen MR) is 127 cm³/mol. The summed E-state index contributed by atoms with van der Waals surface area (Å²) in [5.41, 5.74) is 0.786. The molecular formula is C21H21IN6O7. The number of carbonyl (C=O) groups is 3. The van der Waals surface area contributed by atoms with Crippen molar-refractivity contribution >= 4 is 63.3 Å². The molecule has 1 N–H and O–H groups in total. The van der Waals surface area contributed by atoms with E-state index in [1.54, 1.807) is 22.9 Å². The van der Waals surface area contributed by atoms with E-state index in [2.05, 4.69) is 25.3 Å². The lowest BCUT2D eigenvalue weighted by atomic mass is 10.1. The summed E-state index contributed by atoms with van der Waals surface area (Å²) in [4.78, 5) is 52.7. The summed E-state index contributed by atoms with van der Waals surface area (Å²) in [6.07, 6.45) is -0.888. The molecule has 3 aromatic heterocycles. The van der Waals surface area contributed by atoms with Crippen molar-refractivity contribution < 1.29 is 33.3 Å². The van der Waals surface area contributed by atoms with Crippen molar-refractivity contribution in [2.45, 2.75) is 45.3 Å². The second kappa shape index (κ2) is 10.5. The zero-order valence-corrected chi connectivity index (χ0v) is 21.0. The number of pyridine rings is 1. The van der Waals surface area contributed by atoms with E-state index in [1.165, 1.54) is 27.1 Å². The van der Waals surface area contributed by atoms with Gasteiger partial charge in [0.2, 0.25) is 0 Å². The fourth-order valence-corrected chi connectivity index (χ4v) is 4.11. The summed E-state index contributed by atoms with van der Waals surface area (Å²) >= 11 is 1.97. The fourth-order valence-electron chi connectivity index (χ4n) is 3.64. The van der Waals surface area contributed by atoms with E-state index < -0.39 is 42.4 Å². The van der Waals surface area contributed by atoms with Crippen LogP contribution in [0, 0.1) is 3.83 Å². The third-order valence-electron chi connectivity index (χ3n) is 4.92. The maximum absolute atomic E-state index is 11.9. The molecule has 0 radical (unpaired) electrons. The first-order valence-corrected chi connectivity index (χ1v) is 11.5. The lowest BCUT2D eigenvalue weighted by molar-refractivity contribution is -0.166. The molecule has 3 aromatic rings. The van der Waals surface area contributed by atoms with E-state index in [4.69, 9.17) is 18.9 Å². The third kappa shape index (κ3) is 5.64. The Labute approximate surface area is 212 Å². The van der Waals surface area contributed by atoms with E-state index in [0.29, 0.717) is 26.6 Å². The quantitative estimate of drug-likeness (QED) is 0.183. The highest BCUT2D eigenvalue weighted by atomic mass is 127. The van der Waals surface area contributed by atoms with E-state index in [0.717, 1.165) is 0 Å². The minimum Gasteiger partial charge on any atom is -0.463 e. The molecule has 0 aromatic carbocycles. The molecule has 0 bridgehead atoms. The van der Waals surface area contributed by atoms with Crippen molar-refractivity contribution in [3.63, 3.8) is 0 Å². The summed E-state index contributed by atoms with van der Waals surface area (Å²) in [5.74, 6) is -0.794. The third-order valence-corrected chi connectivity index (χ3v) is 5.40. The van der Waals surface area contributed by atoms with E-state index >= 15 is 0 Å². The number of ether oxygens (including phenoxy) is 4. The standard InChI is InChI=1S/C21H21IN6O7/c1-10(29)32-8-13-16(33-11(2)30)17(34-12(3)31)20(35-13)28-9-24-15-18(26-21(22)27-19(15)28)25-14-6-4-5-7-23-14/h4-7,9,13,16-17,20H,8H2,1-3H3,(H,23,25,26,27)/t13-,16-,17-,20-/m1/s1. The van der Waals surface area contributed by atoms with Crippen LogP contribution in [0.4, 0.5) is 11.6 Å². The molecule has 4 rings (SSSR count). The number of hydrogen-bond acceptors (Lipinski definition) is 12. The van der Waals surface area contributed by atoms with Crippen LogP contribution < -0.4 is 5.32 Å². The van der Waals surface area contributed by atoms with Gasteiger partial charge in [-0.3, -0.25) is 19.0 Å². The maximum atomic E-state index is 11.9. The number of aromatic nitrogens is 5. The molecule has 0 saturated carbocycles. The van der Waals surface area contributed by atoms with Crippen molar-refractivity contribution in [2.75, 3.05) is 11.9 Å². The Kier molecular flexibility index (Phi) is 7.39. The molecule has 1 saturated heterocycles. The Morgan fingerprint density at radius 2 is 1.80 bits per heavy atom. The van der Waals surface area contributed by atoms with Crippen LogP contribution in [0.2, 0.25) is 0 Å². The number of esters is 3. The first-order valence-electron chi connectivity index (χ1n) is 10.4. The SMILES string of the molecule is CC(=O)OC[C@H]1O[C@@H](n2cnc3c(Nc4ccccn4)nc(I)nc32)[C@H](OC(C)=O)[C@@H]1OC(C)=O. The monoisotopic (exact) mass is 596 g/mol. The van der Waals surface area contributed by atoms with Crippen molar-refractivity contribution in [1.29, 1.82) is 0 Å². The molecule has 1 aliphatic rings. The molecule has 0 aliphatic carbocycles. The number of fused-ring (bicyclic) bond motifs is 1. The summed E-state index contributed by atoms with van der Waals surface area (Å²) in [5, 5.41) is 3.12. The highest BCUT2D eigenvalue weighted by molar-refractivity contribution is 14.1. The Morgan fingerprint density at radius 3 is 2.46 bits per heavy atom. The van der Waals surface area contributed by atoms with Gasteiger partial charge in [-0.05, 0) is 12.1 Å². The van der Waals surface area contributed by atoms with Crippen molar-refractivity contribution in [3.05, 3.63) is 34.6 Å². The van der Waals surface area contributed by atoms with Crippen molar-refractivity contribution in [1.82, 2.24) is 24.5 Å². The van der Waals surface area contributed by atoms with Crippen LogP contribution in [0.1, 0.15) is 27.0 Å². The van der Waals surface area contributed by atoms with Gasteiger partial charge in [0.05, 0.1) is 6.33 Å². The number of nitrogens with one attached hydrogen (secondary N) is 1. The summed E-state index contributed by atoms with van der Waals surface area (Å²) in [7, 11) is 0. The smallest absolute Gasteiger partial charge is 0.303 e. The van der Waals surface area contributed by atoms with Crippen LogP contribution in [0.5, 0.6) is 0 Å². The molecular weight excluding hydrogens is 575 g/mol. The van der Waals surface area contributed by atoms with Gasteiger partial charge in [-0.25, -0.2) is 19.9 Å². The van der Waals surface area contributed by atoms with Gasteiger partial charge in [-0.2, -0.15) is 0 Å². The second-order valence-corrected chi connectivity index (χ2v) is 8.49. The first-order chi connectivity index (χ1) is 16.7. The Bertz CT molecular complexity index is 1250. The molecule has 1 aliphatic heterocycles. The topological polar surface area (TPSA) is 157 Å². The Hall–Kier alpha value is -3.40. The lowest BCUT2D eigenvalue weighted by Crippen LogP contribution is -2.40. The van der Waals surface area contributed by atoms with Gasteiger partial charge in [0.25, 0.3) is 0 Å². The molecule has 35 heavy (non-hydrogen) atoms. The van der Waals surface area contributed by atoms with Crippen molar-refractivity contribution in [2.24, 2.45) is 0 Å². The molecule has 13 nitrogen and oxygen atoms in total. The number of anilines is 2. The number of hydrogen-bond donors (Lipinski definition) is 1. The highest BCUT2D eigenvalue weighted by Crippen LogP contribution is 2.36. The van der Waals surface area contributed by atoms with Gasteiger partial charge < -0.3 is 24.3 Å². The minimum absolute atomic E-state index is 0.215. The number of nitrogens with zero attached hydrogens (tertiary/aromatic N) is 5. The Balaban J connectivity index is 1.75. The first kappa shape index (κ1) is 24.7. The predicted octanol–water partition coefficient (Wildman–Crippen LogP) is 1.89. The molecule has 0 unspecified atom stereocenters. The molecule has 4 heterocycles. The van der Waals surface area contributed by atoms with Crippen LogP contribution >= 0.6 is 22.6 Å². The fraction of sp³-hybridized carbons (Fsp3) is 0.381. The molecule has 184 valence electrons. The molecule has 14 heteroatoms. The van der Waals surface area contributed by atoms with E-state index in [-0.39, 0.29) is 6.61 Å². The second-order valence-electron chi connectivity index (χ2n) is 7.52. The number of halogens is 1. The summed E-state index contributed by atoms with van der Waals surface area (Å²) < 4.78 is 24.1. The number of rotatable bonds is 7. The summed E-state index contributed by atoms with van der Waals surface area (Å²) in [6, 6.07) is 5.39. The van der Waals surface area contributed by atoms with Gasteiger partial charge in [0, 0.05) is 49.6 Å². The van der Waals surface area contributed by atoms with Gasteiger partial charge in [-0.15, -0.1) is 0 Å². The number of imidazole rings is 1.